The Bertz CT molecular complexity index is 534. The number of nitrogens with two attached hydrogens (primary N) is 1. The van der Waals surface area contributed by atoms with Gasteiger partial charge in [-0.1, -0.05) is 26.0 Å². The third kappa shape index (κ3) is 4.38. The van der Waals surface area contributed by atoms with Crippen molar-refractivity contribution >= 4 is 5.69 Å². The van der Waals surface area contributed by atoms with E-state index in [1.54, 1.807) is 0 Å². The van der Waals surface area contributed by atoms with Crippen LogP contribution in [0.3, 0.4) is 0 Å². The third-order valence-electron chi connectivity index (χ3n) is 3.16. The molecule has 1 heterocycles. The summed E-state index contributed by atoms with van der Waals surface area (Å²) in [5.74, 6) is 0.690. The van der Waals surface area contributed by atoms with E-state index < -0.39 is 0 Å². The number of ether oxygens (including phenoxy) is 1. The zero-order valence-corrected chi connectivity index (χ0v) is 12.2. The van der Waals surface area contributed by atoms with Crippen molar-refractivity contribution in [1.82, 2.24) is 9.78 Å². The summed E-state index contributed by atoms with van der Waals surface area (Å²) >= 11 is 0. The second-order valence-corrected chi connectivity index (χ2v) is 5.41. The highest BCUT2D eigenvalue weighted by molar-refractivity contribution is 5.65. The quantitative estimate of drug-likeness (QED) is 0.622. The molecular weight excluding hydrogens is 250 g/mol. The Hall–Kier alpha value is -1.81. The molecule has 0 saturated carbocycles. The molecule has 1 aromatic heterocycles. The molecule has 1 aromatic carbocycles. The average Bonchev–Trinajstić information content (AvgIpc) is 2.87. The lowest BCUT2D eigenvalue weighted by atomic mass is 10.1. The first-order chi connectivity index (χ1) is 9.65. The van der Waals surface area contributed by atoms with Crippen LogP contribution in [0.2, 0.25) is 0 Å². The van der Waals surface area contributed by atoms with Crippen LogP contribution >= 0.6 is 0 Å². The molecule has 20 heavy (non-hydrogen) atoms. The molecule has 0 atom stereocenters. The Balaban J connectivity index is 1.83. The Morgan fingerprint density at radius 2 is 2.10 bits per heavy atom. The van der Waals surface area contributed by atoms with Crippen molar-refractivity contribution in [2.45, 2.75) is 26.8 Å². The topological polar surface area (TPSA) is 53.1 Å². The molecule has 4 nitrogen and oxygen atoms in total. The molecule has 0 aliphatic carbocycles. The maximum Gasteiger partial charge on any atom is 0.0662 e. The fraction of sp³-hybridized carbons (Fsp3) is 0.438. The summed E-state index contributed by atoms with van der Waals surface area (Å²) < 4.78 is 7.51. The van der Waals surface area contributed by atoms with Gasteiger partial charge in [-0.25, -0.2) is 0 Å². The minimum absolute atomic E-state index is 0.690. The van der Waals surface area contributed by atoms with Gasteiger partial charge in [0.2, 0.25) is 0 Å². The Morgan fingerprint density at radius 1 is 1.25 bits per heavy atom. The first-order valence-corrected chi connectivity index (χ1v) is 7.11. The number of anilines is 1. The summed E-state index contributed by atoms with van der Waals surface area (Å²) in [6.07, 6.45) is 5.00. The van der Waals surface area contributed by atoms with Gasteiger partial charge in [-0.15, -0.1) is 0 Å². The minimum atomic E-state index is 0.690. The van der Waals surface area contributed by atoms with Crippen LogP contribution in [-0.2, 0) is 11.3 Å². The summed E-state index contributed by atoms with van der Waals surface area (Å²) in [5.41, 5.74) is 8.74. The highest BCUT2D eigenvalue weighted by Gasteiger charge is 2.02. The van der Waals surface area contributed by atoms with Gasteiger partial charge in [-0.2, -0.15) is 5.10 Å². The molecule has 0 aliphatic rings. The van der Waals surface area contributed by atoms with Crippen LogP contribution in [0.5, 0.6) is 0 Å². The maximum atomic E-state index is 5.79. The van der Waals surface area contributed by atoms with Crippen LogP contribution in [0, 0.1) is 5.92 Å². The van der Waals surface area contributed by atoms with Gasteiger partial charge in [0.25, 0.3) is 0 Å². The largest absolute Gasteiger partial charge is 0.399 e. The van der Waals surface area contributed by atoms with Crippen molar-refractivity contribution in [1.29, 1.82) is 0 Å². The SMILES string of the molecule is CC(C)CCOCCn1cc(-c2cccc(N)c2)cn1. The lowest BCUT2D eigenvalue weighted by Crippen LogP contribution is -2.08. The van der Waals surface area contributed by atoms with E-state index >= 15 is 0 Å². The van der Waals surface area contributed by atoms with Gasteiger partial charge in [0.1, 0.15) is 0 Å². The summed E-state index contributed by atoms with van der Waals surface area (Å²) in [6.45, 7) is 6.70. The molecule has 2 aromatic rings. The van der Waals surface area contributed by atoms with E-state index in [4.69, 9.17) is 10.5 Å². The summed E-state index contributed by atoms with van der Waals surface area (Å²) in [6, 6.07) is 7.84. The number of hydrogen-bond acceptors (Lipinski definition) is 3. The van der Waals surface area contributed by atoms with E-state index in [0.29, 0.717) is 12.5 Å². The van der Waals surface area contributed by atoms with Gasteiger partial charge in [0.15, 0.2) is 0 Å². The number of nitrogen functional groups attached to an aromatic ring is 1. The van der Waals surface area contributed by atoms with Crippen LogP contribution in [0.25, 0.3) is 11.1 Å². The number of rotatable bonds is 7. The Morgan fingerprint density at radius 3 is 2.85 bits per heavy atom. The molecule has 0 spiro atoms. The zero-order valence-electron chi connectivity index (χ0n) is 12.2. The van der Waals surface area contributed by atoms with Crippen molar-refractivity contribution in [3.63, 3.8) is 0 Å². The maximum absolute atomic E-state index is 5.79. The zero-order chi connectivity index (χ0) is 14.4. The van der Waals surface area contributed by atoms with Crippen molar-refractivity contribution in [2.24, 2.45) is 5.92 Å². The smallest absolute Gasteiger partial charge is 0.0662 e. The van der Waals surface area contributed by atoms with Gasteiger partial charge in [0, 0.05) is 24.1 Å². The van der Waals surface area contributed by atoms with Gasteiger partial charge in [-0.05, 0) is 30.0 Å². The van der Waals surface area contributed by atoms with Crippen LogP contribution in [-0.4, -0.2) is 23.0 Å². The summed E-state index contributed by atoms with van der Waals surface area (Å²) in [5, 5.41) is 4.35. The number of aromatic nitrogens is 2. The predicted octanol–water partition coefficient (Wildman–Crippen LogP) is 3.20. The molecule has 0 fully saturated rings. The van der Waals surface area contributed by atoms with Crippen LogP contribution in [0.4, 0.5) is 5.69 Å². The van der Waals surface area contributed by atoms with Gasteiger partial charge in [-0.3, -0.25) is 4.68 Å². The fourth-order valence-electron chi connectivity index (χ4n) is 1.93. The molecule has 0 aliphatic heterocycles. The van der Waals surface area contributed by atoms with Crippen LogP contribution < -0.4 is 5.73 Å². The van der Waals surface area contributed by atoms with E-state index in [1.165, 1.54) is 0 Å². The van der Waals surface area contributed by atoms with Gasteiger partial charge < -0.3 is 10.5 Å². The van der Waals surface area contributed by atoms with E-state index in [9.17, 15) is 0 Å². The second kappa shape index (κ2) is 7.10. The van der Waals surface area contributed by atoms with Crippen molar-refractivity contribution < 1.29 is 4.74 Å². The van der Waals surface area contributed by atoms with Crippen molar-refractivity contribution in [3.8, 4) is 11.1 Å². The van der Waals surface area contributed by atoms with Crippen molar-refractivity contribution in [3.05, 3.63) is 36.7 Å². The molecule has 108 valence electrons. The highest BCUT2D eigenvalue weighted by Crippen LogP contribution is 2.20. The normalized spacial score (nSPS) is 11.2. The minimum Gasteiger partial charge on any atom is -0.399 e. The highest BCUT2D eigenvalue weighted by atomic mass is 16.5. The molecule has 0 amide bonds. The summed E-state index contributed by atoms with van der Waals surface area (Å²) in [4.78, 5) is 0. The van der Waals surface area contributed by atoms with Crippen LogP contribution in [0.15, 0.2) is 36.7 Å². The molecule has 2 rings (SSSR count). The average molecular weight is 273 g/mol. The number of nitrogens with zero attached hydrogens (tertiary/aromatic N) is 2. The first kappa shape index (κ1) is 14.6. The van der Waals surface area contributed by atoms with E-state index in [-0.39, 0.29) is 0 Å². The predicted molar refractivity (Wildman–Crippen MR) is 82.3 cm³/mol. The number of hydrogen-bond donors (Lipinski definition) is 1. The third-order valence-corrected chi connectivity index (χ3v) is 3.16. The first-order valence-electron chi connectivity index (χ1n) is 7.11. The Labute approximate surface area is 120 Å². The molecule has 2 N–H and O–H groups in total. The standard InChI is InChI=1S/C16H23N3O/c1-13(2)6-8-20-9-7-19-12-15(11-18-19)14-4-3-5-16(17)10-14/h3-5,10-13H,6-9,17H2,1-2H3. The number of benzene rings is 1. The lowest BCUT2D eigenvalue weighted by molar-refractivity contribution is 0.114. The molecule has 0 unspecified atom stereocenters. The lowest BCUT2D eigenvalue weighted by Gasteiger charge is -2.06. The molecule has 0 bridgehead atoms. The van der Waals surface area contributed by atoms with E-state index in [0.717, 1.165) is 36.4 Å². The Kier molecular flexibility index (Phi) is 5.18. The van der Waals surface area contributed by atoms with E-state index in [1.807, 2.05) is 41.3 Å². The monoisotopic (exact) mass is 273 g/mol. The molecule has 4 heteroatoms. The van der Waals surface area contributed by atoms with Crippen LogP contribution in [0.1, 0.15) is 20.3 Å². The fourth-order valence-corrected chi connectivity index (χ4v) is 1.93. The van der Waals surface area contributed by atoms with Gasteiger partial charge in [0.05, 0.1) is 19.3 Å². The molecule has 0 radical (unpaired) electrons. The molecular formula is C16H23N3O. The second-order valence-electron chi connectivity index (χ2n) is 5.41. The van der Waals surface area contributed by atoms with Crippen molar-refractivity contribution in [2.75, 3.05) is 18.9 Å². The van der Waals surface area contributed by atoms with Gasteiger partial charge >= 0.3 is 0 Å². The van der Waals surface area contributed by atoms with E-state index in [2.05, 4.69) is 18.9 Å². The molecule has 0 saturated heterocycles. The summed E-state index contributed by atoms with van der Waals surface area (Å²) in [7, 11) is 0.